The van der Waals surface area contributed by atoms with Gasteiger partial charge in [-0.1, -0.05) is 12.1 Å². The maximum atomic E-state index is 8.96. The molecule has 6 heteroatoms. The van der Waals surface area contributed by atoms with Crippen molar-refractivity contribution in [2.45, 2.75) is 19.6 Å². The van der Waals surface area contributed by atoms with Gasteiger partial charge in [0.1, 0.15) is 6.33 Å². The van der Waals surface area contributed by atoms with Crippen LogP contribution in [0.3, 0.4) is 0 Å². The van der Waals surface area contributed by atoms with Crippen LogP contribution in [0.25, 0.3) is 5.69 Å². The number of tetrazole rings is 1. The first-order valence-electron chi connectivity index (χ1n) is 4.86. The largest absolute Gasteiger partial charge is 0.368 e. The maximum absolute atomic E-state index is 8.96. The van der Waals surface area contributed by atoms with Gasteiger partial charge >= 0.3 is 0 Å². The molecule has 0 fully saturated rings. The molecule has 0 bridgehead atoms. The smallest absolute Gasteiger partial charge is 0.155 e. The molecule has 0 saturated carbocycles. The Labute approximate surface area is 92.2 Å². The van der Waals surface area contributed by atoms with Crippen LogP contribution in [-0.4, -0.2) is 36.7 Å². The Morgan fingerprint density at radius 3 is 2.81 bits per heavy atom. The van der Waals surface area contributed by atoms with Gasteiger partial charge in [-0.2, -0.15) is 0 Å². The number of aromatic nitrogens is 4. The topological polar surface area (TPSA) is 84.1 Å². The fraction of sp³-hybridized carbons (Fsp3) is 0.300. The van der Waals surface area contributed by atoms with Crippen LogP contribution in [0.1, 0.15) is 11.1 Å². The molecule has 0 aliphatic carbocycles. The summed E-state index contributed by atoms with van der Waals surface area (Å²) < 4.78 is 1.54. The Morgan fingerprint density at radius 1 is 1.38 bits per heavy atom. The molecule has 2 N–H and O–H groups in total. The lowest BCUT2D eigenvalue weighted by molar-refractivity contribution is -0.0382. The molecule has 0 spiro atoms. The van der Waals surface area contributed by atoms with Crippen LogP contribution in [0.5, 0.6) is 0 Å². The lowest BCUT2D eigenvalue weighted by atomic mass is 10.0. The Morgan fingerprint density at radius 2 is 2.19 bits per heavy atom. The van der Waals surface area contributed by atoms with E-state index in [-0.39, 0.29) is 6.42 Å². The number of benzene rings is 1. The van der Waals surface area contributed by atoms with Crippen LogP contribution in [0.4, 0.5) is 0 Å². The molecule has 0 saturated heterocycles. The quantitative estimate of drug-likeness (QED) is 0.701. The number of nitrogens with zero attached hydrogens (tertiary/aromatic N) is 4. The summed E-state index contributed by atoms with van der Waals surface area (Å²) in [5.74, 6) is 0. The van der Waals surface area contributed by atoms with Crippen molar-refractivity contribution >= 4 is 0 Å². The third-order valence-corrected chi connectivity index (χ3v) is 2.42. The van der Waals surface area contributed by atoms with Gasteiger partial charge in [0.2, 0.25) is 0 Å². The van der Waals surface area contributed by atoms with E-state index in [1.165, 1.54) is 6.33 Å². The van der Waals surface area contributed by atoms with E-state index in [0.29, 0.717) is 0 Å². The van der Waals surface area contributed by atoms with Crippen LogP contribution < -0.4 is 0 Å². The van der Waals surface area contributed by atoms with Crippen molar-refractivity contribution in [3.63, 3.8) is 0 Å². The van der Waals surface area contributed by atoms with Gasteiger partial charge in [0.25, 0.3) is 0 Å². The van der Waals surface area contributed by atoms with Crippen molar-refractivity contribution in [2.75, 3.05) is 0 Å². The van der Waals surface area contributed by atoms with E-state index in [4.69, 9.17) is 10.2 Å². The van der Waals surface area contributed by atoms with Gasteiger partial charge in [0.05, 0.1) is 5.69 Å². The van der Waals surface area contributed by atoms with E-state index in [2.05, 4.69) is 15.5 Å². The van der Waals surface area contributed by atoms with Crippen LogP contribution in [0.15, 0.2) is 24.5 Å². The number of hydrogen-bond donors (Lipinski definition) is 2. The molecular formula is C10H12N4O2. The normalized spacial score (nSPS) is 11.0. The van der Waals surface area contributed by atoms with Gasteiger partial charge in [0.15, 0.2) is 6.29 Å². The molecule has 1 aromatic carbocycles. The summed E-state index contributed by atoms with van der Waals surface area (Å²) in [6.45, 7) is 1.90. The highest BCUT2D eigenvalue weighted by Gasteiger charge is 2.09. The summed E-state index contributed by atoms with van der Waals surface area (Å²) >= 11 is 0. The fourth-order valence-electron chi connectivity index (χ4n) is 1.61. The molecular weight excluding hydrogens is 208 g/mol. The monoisotopic (exact) mass is 220 g/mol. The summed E-state index contributed by atoms with van der Waals surface area (Å²) in [5, 5.41) is 28.8. The van der Waals surface area contributed by atoms with Crippen molar-refractivity contribution in [1.82, 2.24) is 20.2 Å². The summed E-state index contributed by atoms with van der Waals surface area (Å²) in [5.41, 5.74) is 2.63. The van der Waals surface area contributed by atoms with Gasteiger partial charge in [-0.3, -0.25) is 0 Å². The van der Waals surface area contributed by atoms with Gasteiger partial charge in [0, 0.05) is 6.42 Å². The second kappa shape index (κ2) is 4.38. The summed E-state index contributed by atoms with van der Waals surface area (Å²) in [6.07, 6.45) is 0.353. The minimum absolute atomic E-state index is 0.196. The van der Waals surface area contributed by atoms with E-state index in [1.807, 2.05) is 25.1 Å². The maximum Gasteiger partial charge on any atom is 0.155 e. The molecule has 0 aliphatic rings. The highest BCUT2D eigenvalue weighted by atomic mass is 16.5. The third kappa shape index (κ3) is 2.07. The first-order chi connectivity index (χ1) is 7.68. The van der Waals surface area contributed by atoms with Crippen molar-refractivity contribution < 1.29 is 10.2 Å². The van der Waals surface area contributed by atoms with E-state index in [1.54, 1.807) is 4.68 Å². The van der Waals surface area contributed by atoms with Crippen molar-refractivity contribution in [1.29, 1.82) is 0 Å². The van der Waals surface area contributed by atoms with E-state index in [9.17, 15) is 0 Å². The molecule has 0 atom stereocenters. The van der Waals surface area contributed by atoms with Gasteiger partial charge in [-0.15, -0.1) is 5.10 Å². The predicted octanol–water partition coefficient (Wildman–Crippen LogP) is -0.176. The van der Waals surface area contributed by atoms with Gasteiger partial charge in [-0.05, 0) is 34.5 Å². The molecule has 2 rings (SSSR count). The average Bonchev–Trinajstić information content (AvgIpc) is 2.73. The number of aliphatic hydroxyl groups is 2. The molecule has 6 nitrogen and oxygen atoms in total. The number of rotatable bonds is 3. The first-order valence-corrected chi connectivity index (χ1v) is 4.86. The third-order valence-electron chi connectivity index (χ3n) is 2.42. The first kappa shape index (κ1) is 10.7. The SMILES string of the molecule is Cc1c(CC(O)O)cccc1-n1cnnn1. The molecule has 0 radical (unpaired) electrons. The Bertz CT molecular complexity index is 468. The van der Waals surface area contributed by atoms with Crippen molar-refractivity contribution in [2.24, 2.45) is 0 Å². The molecule has 0 unspecified atom stereocenters. The minimum Gasteiger partial charge on any atom is -0.368 e. The predicted molar refractivity (Wildman–Crippen MR) is 55.8 cm³/mol. The summed E-state index contributed by atoms with van der Waals surface area (Å²) in [7, 11) is 0. The minimum atomic E-state index is -1.34. The fourth-order valence-corrected chi connectivity index (χ4v) is 1.61. The van der Waals surface area contributed by atoms with E-state index < -0.39 is 6.29 Å². The van der Waals surface area contributed by atoms with Crippen molar-refractivity contribution in [3.05, 3.63) is 35.7 Å². The van der Waals surface area contributed by atoms with Crippen LogP contribution >= 0.6 is 0 Å². The van der Waals surface area contributed by atoms with Gasteiger partial charge in [-0.25, -0.2) is 4.68 Å². The molecule has 0 aliphatic heterocycles. The lowest BCUT2D eigenvalue weighted by Crippen LogP contribution is -2.10. The van der Waals surface area contributed by atoms with Crippen LogP contribution in [0.2, 0.25) is 0 Å². The second-order valence-corrected chi connectivity index (χ2v) is 3.50. The Balaban J connectivity index is 2.41. The number of aliphatic hydroxyl groups excluding tert-OH is 1. The zero-order chi connectivity index (χ0) is 11.5. The summed E-state index contributed by atoms with van der Waals surface area (Å²) in [6, 6.07) is 5.56. The van der Waals surface area contributed by atoms with E-state index in [0.717, 1.165) is 16.8 Å². The molecule has 1 heterocycles. The zero-order valence-electron chi connectivity index (χ0n) is 8.78. The highest BCUT2D eigenvalue weighted by Crippen LogP contribution is 2.17. The molecule has 16 heavy (non-hydrogen) atoms. The molecule has 1 aromatic heterocycles. The average molecular weight is 220 g/mol. The van der Waals surface area contributed by atoms with Crippen LogP contribution in [-0.2, 0) is 6.42 Å². The Hall–Kier alpha value is -1.79. The Kier molecular flexibility index (Phi) is 2.93. The van der Waals surface area contributed by atoms with Crippen LogP contribution in [0, 0.1) is 6.92 Å². The molecule has 0 amide bonds. The van der Waals surface area contributed by atoms with E-state index >= 15 is 0 Å². The second-order valence-electron chi connectivity index (χ2n) is 3.50. The highest BCUT2D eigenvalue weighted by molar-refractivity contribution is 5.44. The summed E-state index contributed by atoms with van der Waals surface area (Å²) in [4.78, 5) is 0. The molecule has 2 aromatic rings. The lowest BCUT2D eigenvalue weighted by Gasteiger charge is -2.11. The molecule has 84 valence electrons. The van der Waals surface area contributed by atoms with Crippen molar-refractivity contribution in [3.8, 4) is 5.69 Å². The van der Waals surface area contributed by atoms with Gasteiger partial charge < -0.3 is 10.2 Å². The zero-order valence-corrected chi connectivity index (χ0v) is 8.78. The standard InChI is InChI=1S/C10H12N4O2/c1-7-8(5-10(15)16)3-2-4-9(7)14-6-11-12-13-14/h2-4,6,10,15-16H,5H2,1H3. The number of hydrogen-bond acceptors (Lipinski definition) is 5.